The molecule has 106 valence electrons. The maximum Gasteiger partial charge on any atom is 0.129 e. The minimum absolute atomic E-state index is 0.336. The second kappa shape index (κ2) is 6.44. The van der Waals surface area contributed by atoms with Gasteiger partial charge in [-0.2, -0.15) is 0 Å². The molecule has 0 radical (unpaired) electrons. The van der Waals surface area contributed by atoms with E-state index in [0.717, 1.165) is 11.1 Å². The second-order valence-corrected chi connectivity index (χ2v) is 6.20. The molecular formula is C15H13BrCl2FN. The summed E-state index contributed by atoms with van der Waals surface area (Å²) in [4.78, 5) is 0. The number of halogens is 4. The maximum atomic E-state index is 14.2. The fourth-order valence-corrected chi connectivity index (χ4v) is 2.94. The smallest absolute Gasteiger partial charge is 0.129 e. The van der Waals surface area contributed by atoms with Crippen LogP contribution in [0.5, 0.6) is 0 Å². The first-order valence-electron chi connectivity index (χ1n) is 6.01. The van der Waals surface area contributed by atoms with Crippen LogP contribution in [0.2, 0.25) is 10.0 Å². The number of benzene rings is 2. The van der Waals surface area contributed by atoms with Gasteiger partial charge in [0.05, 0.1) is 11.1 Å². The van der Waals surface area contributed by atoms with Gasteiger partial charge in [-0.1, -0.05) is 35.3 Å². The first-order chi connectivity index (χ1) is 9.43. The van der Waals surface area contributed by atoms with Crippen molar-refractivity contribution in [2.75, 3.05) is 7.05 Å². The quantitative estimate of drug-likeness (QED) is 0.696. The SMILES string of the molecule is CNC(c1cc(Cl)c(Br)cc1F)c1ccc(C)cc1Cl. The molecule has 1 unspecified atom stereocenters. The largest absolute Gasteiger partial charge is 0.309 e. The van der Waals surface area contributed by atoms with E-state index >= 15 is 0 Å². The fourth-order valence-electron chi connectivity index (χ4n) is 2.10. The molecule has 0 fully saturated rings. The van der Waals surface area contributed by atoms with Crippen LogP contribution in [0.15, 0.2) is 34.8 Å². The molecule has 0 bridgehead atoms. The van der Waals surface area contributed by atoms with Gasteiger partial charge in [0.2, 0.25) is 0 Å². The highest BCUT2D eigenvalue weighted by Crippen LogP contribution is 2.34. The van der Waals surface area contributed by atoms with Crippen molar-refractivity contribution in [3.05, 3.63) is 67.4 Å². The third-order valence-electron chi connectivity index (χ3n) is 3.11. The maximum absolute atomic E-state index is 14.2. The van der Waals surface area contributed by atoms with Crippen LogP contribution in [0.1, 0.15) is 22.7 Å². The third-order valence-corrected chi connectivity index (χ3v) is 4.63. The summed E-state index contributed by atoms with van der Waals surface area (Å²) in [6, 6.07) is 8.33. The van der Waals surface area contributed by atoms with Crippen LogP contribution < -0.4 is 5.32 Å². The first kappa shape index (κ1) is 15.8. The van der Waals surface area contributed by atoms with E-state index in [0.29, 0.717) is 20.1 Å². The van der Waals surface area contributed by atoms with Gasteiger partial charge in [0.25, 0.3) is 0 Å². The van der Waals surface area contributed by atoms with Gasteiger partial charge in [-0.3, -0.25) is 0 Å². The summed E-state index contributed by atoms with van der Waals surface area (Å²) in [7, 11) is 1.76. The standard InChI is InChI=1S/C15H13BrCl2FN/c1-8-3-4-9(12(17)5-8)15(20-2)10-6-13(18)11(16)7-14(10)19/h3-7,15,20H,1-2H3. The zero-order valence-corrected chi connectivity index (χ0v) is 14.1. The lowest BCUT2D eigenvalue weighted by molar-refractivity contribution is 0.575. The molecule has 2 rings (SSSR count). The Morgan fingerprint density at radius 2 is 1.80 bits per heavy atom. The average Bonchev–Trinajstić information content (AvgIpc) is 2.38. The molecule has 1 nitrogen and oxygen atoms in total. The summed E-state index contributed by atoms with van der Waals surface area (Å²) in [6.07, 6.45) is 0. The van der Waals surface area contributed by atoms with Gasteiger partial charge in [0, 0.05) is 15.1 Å². The van der Waals surface area contributed by atoms with Gasteiger partial charge >= 0.3 is 0 Å². The van der Waals surface area contributed by atoms with Crippen molar-refractivity contribution in [1.29, 1.82) is 0 Å². The molecule has 0 saturated heterocycles. The molecular weight excluding hydrogens is 364 g/mol. The van der Waals surface area contributed by atoms with Gasteiger partial charge in [0.1, 0.15) is 5.82 Å². The van der Waals surface area contributed by atoms with Crippen LogP contribution in [-0.4, -0.2) is 7.05 Å². The summed E-state index contributed by atoms with van der Waals surface area (Å²) in [5.74, 6) is -0.336. The lowest BCUT2D eigenvalue weighted by Crippen LogP contribution is -2.19. The molecule has 1 atom stereocenters. The van der Waals surface area contributed by atoms with E-state index in [9.17, 15) is 4.39 Å². The number of hydrogen-bond acceptors (Lipinski definition) is 1. The van der Waals surface area contributed by atoms with Gasteiger partial charge in [0.15, 0.2) is 0 Å². The highest BCUT2D eigenvalue weighted by atomic mass is 79.9. The Hall–Kier alpha value is -0.610. The van der Waals surface area contributed by atoms with Crippen molar-refractivity contribution < 1.29 is 4.39 Å². The topological polar surface area (TPSA) is 12.0 Å². The number of aryl methyl sites for hydroxylation is 1. The summed E-state index contributed by atoms with van der Waals surface area (Å²) < 4.78 is 14.7. The van der Waals surface area contributed by atoms with Crippen molar-refractivity contribution in [1.82, 2.24) is 5.32 Å². The average molecular weight is 377 g/mol. The summed E-state index contributed by atoms with van der Waals surface area (Å²) in [6.45, 7) is 1.96. The molecule has 1 N–H and O–H groups in total. The van der Waals surface area contributed by atoms with Crippen LogP contribution in [0.4, 0.5) is 4.39 Å². The number of rotatable bonds is 3. The molecule has 5 heteroatoms. The summed E-state index contributed by atoms with van der Waals surface area (Å²) >= 11 is 15.5. The fraction of sp³-hybridized carbons (Fsp3) is 0.200. The van der Waals surface area contributed by atoms with Crippen LogP contribution in [-0.2, 0) is 0 Å². The van der Waals surface area contributed by atoms with E-state index in [-0.39, 0.29) is 11.9 Å². The molecule has 0 aliphatic rings. The highest BCUT2D eigenvalue weighted by molar-refractivity contribution is 9.10. The van der Waals surface area contributed by atoms with Gasteiger partial charge in [-0.15, -0.1) is 0 Å². The molecule has 0 aromatic heterocycles. The van der Waals surface area contributed by atoms with E-state index < -0.39 is 0 Å². The predicted octanol–water partition coefficient (Wildman–Crippen LogP) is 5.51. The Bertz CT molecular complexity index is 646. The van der Waals surface area contributed by atoms with Crippen molar-refractivity contribution >= 4 is 39.1 Å². The van der Waals surface area contributed by atoms with Crippen molar-refractivity contribution in [3.8, 4) is 0 Å². The van der Waals surface area contributed by atoms with Crippen molar-refractivity contribution in [2.45, 2.75) is 13.0 Å². The van der Waals surface area contributed by atoms with Crippen LogP contribution in [0.3, 0.4) is 0 Å². The first-order valence-corrected chi connectivity index (χ1v) is 7.56. The third kappa shape index (κ3) is 3.17. The Kier molecular flexibility index (Phi) is 5.08. The van der Waals surface area contributed by atoms with E-state index in [4.69, 9.17) is 23.2 Å². The predicted molar refractivity (Wildman–Crippen MR) is 86.2 cm³/mol. The molecule has 0 saturated carbocycles. The van der Waals surface area contributed by atoms with Gasteiger partial charge in [-0.05, 0) is 59.2 Å². The van der Waals surface area contributed by atoms with Crippen LogP contribution in [0, 0.1) is 12.7 Å². The molecule has 0 aliphatic heterocycles. The van der Waals surface area contributed by atoms with Crippen LogP contribution >= 0.6 is 39.1 Å². The van der Waals surface area contributed by atoms with E-state index in [1.807, 2.05) is 25.1 Å². The number of nitrogens with one attached hydrogen (secondary N) is 1. The Morgan fingerprint density at radius 1 is 1.10 bits per heavy atom. The minimum Gasteiger partial charge on any atom is -0.309 e. The van der Waals surface area contributed by atoms with Gasteiger partial charge < -0.3 is 5.32 Å². The lowest BCUT2D eigenvalue weighted by atomic mass is 9.97. The molecule has 0 spiro atoms. The van der Waals surface area contributed by atoms with Crippen molar-refractivity contribution in [2.24, 2.45) is 0 Å². The molecule has 2 aromatic carbocycles. The molecule has 2 aromatic rings. The minimum atomic E-state index is -0.353. The lowest BCUT2D eigenvalue weighted by Gasteiger charge is -2.20. The molecule has 0 heterocycles. The van der Waals surface area contributed by atoms with E-state index in [2.05, 4.69) is 21.2 Å². The van der Waals surface area contributed by atoms with E-state index in [1.165, 1.54) is 6.07 Å². The zero-order valence-electron chi connectivity index (χ0n) is 11.0. The number of hydrogen-bond donors (Lipinski definition) is 1. The second-order valence-electron chi connectivity index (χ2n) is 4.53. The normalized spacial score (nSPS) is 12.5. The summed E-state index contributed by atoms with van der Waals surface area (Å²) in [5, 5.41) is 4.15. The Labute approximate surface area is 136 Å². The van der Waals surface area contributed by atoms with Crippen LogP contribution in [0.25, 0.3) is 0 Å². The van der Waals surface area contributed by atoms with Gasteiger partial charge in [-0.25, -0.2) is 4.39 Å². The monoisotopic (exact) mass is 375 g/mol. The van der Waals surface area contributed by atoms with Crippen molar-refractivity contribution in [3.63, 3.8) is 0 Å². The Balaban J connectivity index is 2.55. The zero-order chi connectivity index (χ0) is 14.9. The highest BCUT2D eigenvalue weighted by Gasteiger charge is 2.20. The summed E-state index contributed by atoms with van der Waals surface area (Å²) in [5.41, 5.74) is 2.34. The Morgan fingerprint density at radius 3 is 2.40 bits per heavy atom. The molecule has 0 aliphatic carbocycles. The molecule has 0 amide bonds. The molecule has 20 heavy (non-hydrogen) atoms. The van der Waals surface area contributed by atoms with E-state index in [1.54, 1.807) is 13.1 Å².